The highest BCUT2D eigenvalue weighted by atomic mass is 19.1. The molecule has 0 radical (unpaired) electrons. The molecule has 1 heteroatoms. The van der Waals surface area contributed by atoms with Gasteiger partial charge in [0.1, 0.15) is 5.82 Å². The summed E-state index contributed by atoms with van der Waals surface area (Å²) in [6.45, 7) is 4.50. The van der Waals surface area contributed by atoms with Crippen LogP contribution in [0.3, 0.4) is 0 Å². The van der Waals surface area contributed by atoms with Gasteiger partial charge in [0.25, 0.3) is 0 Å². The summed E-state index contributed by atoms with van der Waals surface area (Å²) in [4.78, 5) is 0. The maximum absolute atomic E-state index is 15.1. The van der Waals surface area contributed by atoms with Gasteiger partial charge >= 0.3 is 0 Å². The van der Waals surface area contributed by atoms with Crippen LogP contribution in [0.5, 0.6) is 0 Å². The largest absolute Gasteiger partial charge is 0.205 e. The Bertz CT molecular complexity index is 1120. The molecule has 0 atom stereocenters. The first-order valence-electron chi connectivity index (χ1n) is 13.5. The van der Waals surface area contributed by atoms with Crippen molar-refractivity contribution in [3.8, 4) is 11.8 Å². The topological polar surface area (TPSA) is 0 Å². The molecule has 0 amide bonds. The lowest BCUT2D eigenvalue weighted by Gasteiger charge is -2.28. The Hall–Kier alpha value is -2.59. The van der Waals surface area contributed by atoms with E-state index in [0.29, 0.717) is 16.9 Å². The average molecular weight is 455 g/mol. The zero-order chi connectivity index (χ0) is 23.8. The number of rotatable bonds is 8. The molecular weight excluding hydrogens is 415 g/mol. The number of fused-ring (bicyclic) bond motifs is 1. The standard InChI is InChI=1S/C33H39F/c1-3-5-7-9-27-15-23-32-31(24-27)22-21-30(33(32)34)20-14-26-12-18-29(19-13-26)28-16-10-25(11-17-28)8-6-4-2/h12-13,15,18-19,21-25,28H,3-11,16-17H2,1-2H3. The average Bonchev–Trinajstić information content (AvgIpc) is 2.88. The highest BCUT2D eigenvalue weighted by Gasteiger charge is 2.21. The van der Waals surface area contributed by atoms with Crippen molar-refractivity contribution in [2.45, 2.75) is 90.4 Å². The summed E-state index contributed by atoms with van der Waals surface area (Å²) in [5, 5.41) is 1.63. The first-order valence-corrected chi connectivity index (χ1v) is 13.5. The monoisotopic (exact) mass is 454 g/mol. The number of aryl methyl sites for hydroxylation is 1. The second-order valence-corrected chi connectivity index (χ2v) is 10.2. The van der Waals surface area contributed by atoms with Crippen LogP contribution in [0, 0.1) is 23.6 Å². The molecule has 0 aliphatic heterocycles. The quantitative estimate of drug-likeness (QED) is 0.235. The molecule has 178 valence electrons. The van der Waals surface area contributed by atoms with Crippen LogP contribution in [-0.4, -0.2) is 0 Å². The van der Waals surface area contributed by atoms with E-state index in [1.807, 2.05) is 18.2 Å². The van der Waals surface area contributed by atoms with Gasteiger partial charge in [0.15, 0.2) is 0 Å². The molecule has 3 aromatic carbocycles. The minimum atomic E-state index is -0.207. The maximum Gasteiger partial charge on any atom is 0.146 e. The molecule has 1 aliphatic carbocycles. The van der Waals surface area contributed by atoms with Crippen molar-refractivity contribution in [3.05, 3.63) is 82.7 Å². The van der Waals surface area contributed by atoms with Crippen LogP contribution in [0.25, 0.3) is 10.8 Å². The fourth-order valence-electron chi connectivity index (χ4n) is 5.43. The molecule has 1 aliphatic rings. The van der Waals surface area contributed by atoms with Gasteiger partial charge in [-0.3, -0.25) is 0 Å². The number of benzene rings is 3. The summed E-state index contributed by atoms with van der Waals surface area (Å²) < 4.78 is 15.1. The Labute approximate surface area is 206 Å². The smallest absolute Gasteiger partial charge is 0.146 e. The molecule has 1 saturated carbocycles. The van der Waals surface area contributed by atoms with Crippen molar-refractivity contribution < 1.29 is 4.39 Å². The van der Waals surface area contributed by atoms with E-state index in [1.54, 1.807) is 0 Å². The van der Waals surface area contributed by atoms with E-state index in [-0.39, 0.29) is 5.82 Å². The summed E-state index contributed by atoms with van der Waals surface area (Å²) in [5.74, 6) is 7.67. The van der Waals surface area contributed by atoms with Crippen LogP contribution in [0.2, 0.25) is 0 Å². The highest BCUT2D eigenvalue weighted by Crippen LogP contribution is 2.37. The molecule has 0 nitrogen and oxygen atoms in total. The zero-order valence-electron chi connectivity index (χ0n) is 21.0. The van der Waals surface area contributed by atoms with E-state index in [0.717, 1.165) is 23.3 Å². The van der Waals surface area contributed by atoms with E-state index in [1.165, 1.54) is 75.3 Å². The molecule has 0 bridgehead atoms. The molecule has 0 unspecified atom stereocenters. The third kappa shape index (κ3) is 6.29. The summed E-state index contributed by atoms with van der Waals surface area (Å²) in [5.41, 5.74) is 4.15. The van der Waals surface area contributed by atoms with Crippen LogP contribution >= 0.6 is 0 Å². The number of hydrogen-bond acceptors (Lipinski definition) is 0. The summed E-state index contributed by atoms with van der Waals surface area (Å²) in [6.07, 6.45) is 14.1. The van der Waals surface area contributed by atoms with Crippen LogP contribution < -0.4 is 0 Å². The summed E-state index contributed by atoms with van der Waals surface area (Å²) in [6, 6.07) is 18.6. The third-order valence-electron chi connectivity index (χ3n) is 7.62. The van der Waals surface area contributed by atoms with Gasteiger partial charge in [-0.25, -0.2) is 4.39 Å². The van der Waals surface area contributed by atoms with Crippen molar-refractivity contribution in [3.63, 3.8) is 0 Å². The highest BCUT2D eigenvalue weighted by molar-refractivity contribution is 5.85. The van der Waals surface area contributed by atoms with Gasteiger partial charge in [0, 0.05) is 10.9 Å². The third-order valence-corrected chi connectivity index (χ3v) is 7.62. The lowest BCUT2D eigenvalue weighted by atomic mass is 9.77. The lowest BCUT2D eigenvalue weighted by Crippen LogP contribution is -2.13. The first kappa shape index (κ1) is 24.5. The first-order chi connectivity index (χ1) is 16.7. The second-order valence-electron chi connectivity index (χ2n) is 10.2. The predicted molar refractivity (Wildman–Crippen MR) is 144 cm³/mol. The van der Waals surface area contributed by atoms with Crippen LogP contribution in [0.4, 0.5) is 4.39 Å². The van der Waals surface area contributed by atoms with Crippen molar-refractivity contribution in [1.82, 2.24) is 0 Å². The predicted octanol–water partition coefficient (Wildman–Crippen LogP) is 9.58. The van der Waals surface area contributed by atoms with E-state index in [9.17, 15) is 0 Å². The molecule has 3 aromatic rings. The van der Waals surface area contributed by atoms with E-state index in [4.69, 9.17) is 0 Å². The van der Waals surface area contributed by atoms with Crippen LogP contribution in [-0.2, 0) is 6.42 Å². The number of unbranched alkanes of at least 4 members (excludes halogenated alkanes) is 3. The Morgan fingerprint density at radius 1 is 0.794 bits per heavy atom. The van der Waals surface area contributed by atoms with Crippen LogP contribution in [0.15, 0.2) is 54.6 Å². The second kappa shape index (κ2) is 12.2. The molecular formula is C33H39F. The van der Waals surface area contributed by atoms with Gasteiger partial charge in [-0.05, 0) is 85.1 Å². The van der Waals surface area contributed by atoms with Crippen molar-refractivity contribution >= 4 is 10.8 Å². The van der Waals surface area contributed by atoms with E-state index in [2.05, 4.69) is 62.1 Å². The fraction of sp³-hybridized carbons (Fsp3) is 0.455. The number of halogens is 1. The Morgan fingerprint density at radius 3 is 2.29 bits per heavy atom. The minimum Gasteiger partial charge on any atom is -0.205 e. The van der Waals surface area contributed by atoms with Crippen molar-refractivity contribution in [1.29, 1.82) is 0 Å². The molecule has 34 heavy (non-hydrogen) atoms. The SMILES string of the molecule is CCCCCc1ccc2c(F)c(C#Cc3ccc(C4CCC(CCCC)CC4)cc3)ccc2c1. The molecule has 1 fully saturated rings. The molecule has 4 rings (SSSR count). The summed E-state index contributed by atoms with van der Waals surface area (Å²) in [7, 11) is 0. The zero-order valence-corrected chi connectivity index (χ0v) is 21.0. The number of hydrogen-bond donors (Lipinski definition) is 0. The van der Waals surface area contributed by atoms with Gasteiger partial charge in [-0.15, -0.1) is 0 Å². The Balaban J connectivity index is 1.41. The Kier molecular flexibility index (Phi) is 8.81. The summed E-state index contributed by atoms with van der Waals surface area (Å²) >= 11 is 0. The molecule has 0 heterocycles. The van der Waals surface area contributed by atoms with Gasteiger partial charge in [0.05, 0.1) is 5.56 Å². The molecule has 0 saturated heterocycles. The van der Waals surface area contributed by atoms with Crippen LogP contribution in [0.1, 0.15) is 106 Å². The lowest BCUT2D eigenvalue weighted by molar-refractivity contribution is 0.304. The normalized spacial score (nSPS) is 18.0. The minimum absolute atomic E-state index is 0.207. The van der Waals surface area contributed by atoms with Gasteiger partial charge in [-0.2, -0.15) is 0 Å². The van der Waals surface area contributed by atoms with E-state index >= 15 is 4.39 Å². The molecule has 0 aromatic heterocycles. The fourth-order valence-corrected chi connectivity index (χ4v) is 5.43. The Morgan fingerprint density at radius 2 is 1.56 bits per heavy atom. The van der Waals surface area contributed by atoms with Gasteiger partial charge < -0.3 is 0 Å². The molecule has 0 N–H and O–H groups in total. The van der Waals surface area contributed by atoms with Gasteiger partial charge in [0.2, 0.25) is 0 Å². The van der Waals surface area contributed by atoms with Gasteiger partial charge in [-0.1, -0.05) is 94.2 Å². The van der Waals surface area contributed by atoms with E-state index < -0.39 is 0 Å². The van der Waals surface area contributed by atoms with Crippen molar-refractivity contribution in [2.24, 2.45) is 5.92 Å². The maximum atomic E-state index is 15.1. The molecule has 0 spiro atoms. The van der Waals surface area contributed by atoms with Crippen molar-refractivity contribution in [2.75, 3.05) is 0 Å².